The Morgan fingerprint density at radius 1 is 1.23 bits per heavy atom. The number of rotatable bonds is 10. The van der Waals surface area contributed by atoms with Crippen LogP contribution >= 0.6 is 11.6 Å². The van der Waals surface area contributed by atoms with Crippen LogP contribution in [0.1, 0.15) is 53.3 Å². The number of benzene rings is 2. The van der Waals surface area contributed by atoms with Gasteiger partial charge in [0.25, 0.3) is 12.3 Å². The molecule has 2 aromatic heterocycles. The molecule has 0 saturated heterocycles. The van der Waals surface area contributed by atoms with Crippen LogP contribution in [0.25, 0.3) is 22.2 Å². The van der Waals surface area contributed by atoms with Crippen LogP contribution in [-0.2, 0) is 15.8 Å². The van der Waals surface area contributed by atoms with Crippen molar-refractivity contribution in [2.45, 2.75) is 49.2 Å². The summed E-state index contributed by atoms with van der Waals surface area (Å²) in [7, 11) is 3.01. The Morgan fingerprint density at radius 2 is 1.98 bits per heavy atom. The highest BCUT2D eigenvalue weighted by Gasteiger charge is 2.56. The number of nitrogens with zero attached hydrogens (tertiary/aromatic N) is 4. The van der Waals surface area contributed by atoms with Crippen molar-refractivity contribution >= 4 is 34.3 Å². The number of amides is 2. The van der Waals surface area contributed by atoms with Crippen LogP contribution in [0.3, 0.4) is 0 Å². The van der Waals surface area contributed by atoms with Crippen molar-refractivity contribution in [3.8, 4) is 22.8 Å². The van der Waals surface area contributed by atoms with Gasteiger partial charge >= 0.3 is 0 Å². The van der Waals surface area contributed by atoms with Gasteiger partial charge in [0, 0.05) is 35.3 Å². The smallest absolute Gasteiger partial charge is 0.260 e. The van der Waals surface area contributed by atoms with Gasteiger partial charge in [-0.3, -0.25) is 14.3 Å². The number of ether oxygens (including phenoxy) is 2. The van der Waals surface area contributed by atoms with Gasteiger partial charge in [-0.25, -0.2) is 18.2 Å². The van der Waals surface area contributed by atoms with Crippen molar-refractivity contribution in [2.24, 2.45) is 11.7 Å². The van der Waals surface area contributed by atoms with Gasteiger partial charge in [0.2, 0.25) is 5.91 Å². The Labute approximate surface area is 272 Å². The molecule has 3 N–H and O–H groups in total. The standard InChI is InChI=1S/C33H31ClF3N5O5/c1-41(29(43)17-9-18-13-42(20-6-7-20)40-26(18)24(11-17)46-2)14-33(45,19-4-5-19)25-12-21-28(47-15-32(21,30(36)37)31(38)44)27(39-25)16-3-8-23(35)22(34)10-16/h3,8-13,19-20,30,45H,4-7,14-15H2,1-2H3,(H2,38,44)/t32-,33+/m0/s1. The first-order valence-corrected chi connectivity index (χ1v) is 15.5. The minimum Gasteiger partial charge on any atom is -0.494 e. The zero-order chi connectivity index (χ0) is 33.4. The van der Waals surface area contributed by atoms with Crippen LogP contribution in [-0.4, -0.2) is 70.3 Å². The van der Waals surface area contributed by atoms with Crippen molar-refractivity contribution in [1.29, 1.82) is 0 Å². The summed E-state index contributed by atoms with van der Waals surface area (Å²) in [6, 6.07) is 8.51. The summed E-state index contributed by atoms with van der Waals surface area (Å²) in [5.41, 5.74) is 1.98. The number of likely N-dealkylation sites (N-methyl/N-ethyl adjacent to an activating group) is 1. The molecule has 7 rings (SSSR count). The molecule has 47 heavy (non-hydrogen) atoms. The van der Waals surface area contributed by atoms with Crippen LogP contribution in [0.15, 0.2) is 42.6 Å². The molecule has 246 valence electrons. The SMILES string of the molecule is COc1cc(C(=O)N(C)C[C@](O)(c2cc3c(c(-c4ccc(F)c(Cl)c4)n2)OC[C@@]3(C(N)=O)C(F)F)C2CC2)cc2cn(C3CC3)nc12. The first-order chi connectivity index (χ1) is 22.4. The molecule has 2 fully saturated rings. The van der Waals surface area contributed by atoms with Crippen LogP contribution in [0, 0.1) is 11.7 Å². The number of hydrogen-bond donors (Lipinski definition) is 2. The van der Waals surface area contributed by atoms with E-state index in [-0.39, 0.29) is 39.8 Å². The molecule has 0 spiro atoms. The maximum Gasteiger partial charge on any atom is 0.260 e. The number of carbonyl (C=O) groups excluding carboxylic acids is 2. The Bertz CT molecular complexity index is 1950. The number of fused-ring (bicyclic) bond motifs is 2. The Balaban J connectivity index is 1.31. The first-order valence-electron chi connectivity index (χ1n) is 15.1. The lowest BCUT2D eigenvalue weighted by Gasteiger charge is -2.34. The van der Waals surface area contributed by atoms with Crippen molar-refractivity contribution < 1.29 is 37.3 Å². The maximum absolute atomic E-state index is 14.7. The molecule has 0 radical (unpaired) electrons. The predicted molar refractivity (Wildman–Crippen MR) is 165 cm³/mol. The zero-order valence-corrected chi connectivity index (χ0v) is 26.2. The number of carbonyl (C=O) groups is 2. The molecule has 0 bridgehead atoms. The zero-order valence-electron chi connectivity index (χ0n) is 25.5. The molecule has 3 aliphatic rings. The van der Waals surface area contributed by atoms with Crippen molar-refractivity contribution in [3.05, 3.63) is 70.3 Å². The normalized spacial score (nSPS) is 20.2. The number of methoxy groups -OCH3 is 1. The number of alkyl halides is 2. The highest BCUT2D eigenvalue weighted by molar-refractivity contribution is 6.31. The van der Waals surface area contributed by atoms with Gasteiger partial charge in [0.1, 0.15) is 40.7 Å². The quantitative estimate of drug-likeness (QED) is 0.243. The summed E-state index contributed by atoms with van der Waals surface area (Å²) < 4.78 is 56.6. The average Bonchev–Trinajstić information content (AvgIpc) is 3.99. The second-order valence-electron chi connectivity index (χ2n) is 12.6. The number of hydrogen-bond acceptors (Lipinski definition) is 7. The van der Waals surface area contributed by atoms with Crippen molar-refractivity contribution in [2.75, 3.05) is 27.3 Å². The lowest BCUT2D eigenvalue weighted by molar-refractivity contribution is -0.130. The topological polar surface area (TPSA) is 133 Å². The van der Waals surface area contributed by atoms with Gasteiger partial charge in [0.15, 0.2) is 5.41 Å². The van der Waals surface area contributed by atoms with Gasteiger partial charge in [-0.2, -0.15) is 5.10 Å². The lowest BCUT2D eigenvalue weighted by atomic mass is 9.79. The van der Waals surface area contributed by atoms with Crippen molar-refractivity contribution in [1.82, 2.24) is 19.7 Å². The summed E-state index contributed by atoms with van der Waals surface area (Å²) in [6.45, 7) is -1.03. The van der Waals surface area contributed by atoms with E-state index in [4.69, 9.17) is 26.8 Å². The number of aromatic nitrogens is 3. The molecule has 2 atom stereocenters. The van der Waals surface area contributed by atoms with E-state index in [2.05, 4.69) is 10.1 Å². The van der Waals surface area contributed by atoms with Gasteiger partial charge in [0.05, 0.1) is 30.4 Å². The highest BCUT2D eigenvalue weighted by atomic mass is 35.5. The van der Waals surface area contributed by atoms with E-state index in [1.807, 2.05) is 10.9 Å². The average molecular weight is 670 g/mol. The van der Waals surface area contributed by atoms with E-state index in [0.29, 0.717) is 35.7 Å². The number of aliphatic hydroxyl groups is 1. The molecule has 3 heterocycles. The molecular formula is C33H31ClF3N5O5. The highest BCUT2D eigenvalue weighted by Crippen LogP contribution is 2.52. The van der Waals surface area contributed by atoms with E-state index < -0.39 is 47.6 Å². The third kappa shape index (κ3) is 5.07. The molecule has 14 heteroatoms. The van der Waals surface area contributed by atoms with Crippen molar-refractivity contribution in [3.63, 3.8) is 0 Å². The second-order valence-corrected chi connectivity index (χ2v) is 13.0. The molecule has 1 aliphatic heterocycles. The fourth-order valence-electron chi connectivity index (χ4n) is 6.39. The molecule has 2 amide bonds. The Hall–Kier alpha value is -4.36. The summed E-state index contributed by atoms with van der Waals surface area (Å²) >= 11 is 6.06. The lowest BCUT2D eigenvalue weighted by Crippen LogP contribution is -2.49. The summed E-state index contributed by atoms with van der Waals surface area (Å²) in [6.07, 6.45) is 1.82. The van der Waals surface area contributed by atoms with E-state index in [9.17, 15) is 27.9 Å². The summed E-state index contributed by atoms with van der Waals surface area (Å²) in [5, 5.41) is 17.4. The number of nitrogens with two attached hydrogens (primary N) is 1. The largest absolute Gasteiger partial charge is 0.494 e. The molecule has 10 nitrogen and oxygen atoms in total. The van der Waals surface area contributed by atoms with Crippen LogP contribution in [0.5, 0.6) is 11.5 Å². The molecular weight excluding hydrogens is 639 g/mol. The van der Waals surface area contributed by atoms with Gasteiger partial charge in [-0.1, -0.05) is 11.6 Å². The molecule has 0 unspecified atom stereocenters. The Kier molecular flexibility index (Phi) is 7.39. The first kappa shape index (κ1) is 31.3. The minimum absolute atomic E-state index is 0.0286. The van der Waals surface area contributed by atoms with E-state index >= 15 is 0 Å². The van der Waals surface area contributed by atoms with Crippen LogP contribution in [0.2, 0.25) is 5.02 Å². The van der Waals surface area contributed by atoms with Gasteiger partial charge in [-0.05, 0) is 68.0 Å². The van der Waals surface area contributed by atoms with E-state index in [1.54, 1.807) is 12.1 Å². The maximum atomic E-state index is 14.7. The molecule has 2 aromatic carbocycles. The van der Waals surface area contributed by atoms with Gasteiger partial charge < -0.3 is 25.2 Å². The monoisotopic (exact) mass is 669 g/mol. The number of halogens is 4. The predicted octanol–water partition coefficient (Wildman–Crippen LogP) is 4.98. The van der Waals surface area contributed by atoms with E-state index in [1.165, 1.54) is 37.3 Å². The molecule has 2 saturated carbocycles. The number of pyridine rings is 1. The number of primary amides is 1. The fourth-order valence-corrected chi connectivity index (χ4v) is 6.57. The molecule has 4 aromatic rings. The summed E-state index contributed by atoms with van der Waals surface area (Å²) in [4.78, 5) is 32.5. The fraction of sp³-hybridized carbons (Fsp3) is 0.394. The molecule has 2 aliphatic carbocycles. The third-order valence-electron chi connectivity index (χ3n) is 9.40. The summed E-state index contributed by atoms with van der Waals surface area (Å²) in [5.74, 6) is -2.58. The second kappa shape index (κ2) is 11.1. The third-order valence-corrected chi connectivity index (χ3v) is 9.69. The van der Waals surface area contributed by atoms with E-state index in [0.717, 1.165) is 24.3 Å². The van der Waals surface area contributed by atoms with Crippen LogP contribution < -0.4 is 15.2 Å². The Morgan fingerprint density at radius 3 is 2.60 bits per heavy atom. The minimum atomic E-state index is -3.26. The van der Waals surface area contributed by atoms with Crippen LogP contribution in [0.4, 0.5) is 13.2 Å². The van der Waals surface area contributed by atoms with Gasteiger partial charge in [-0.15, -0.1) is 0 Å².